The summed E-state index contributed by atoms with van der Waals surface area (Å²) in [5, 5.41) is 0. The van der Waals surface area contributed by atoms with Gasteiger partial charge in [0.1, 0.15) is 5.78 Å². The van der Waals surface area contributed by atoms with Crippen LogP contribution in [0, 0.1) is 5.92 Å². The van der Waals surface area contributed by atoms with Gasteiger partial charge in [0.25, 0.3) is 0 Å². The maximum Gasteiger partial charge on any atom is 0.133 e. The van der Waals surface area contributed by atoms with Gasteiger partial charge < -0.3 is 5.73 Å². The topological polar surface area (TPSA) is 46.3 Å². The highest BCUT2D eigenvalue weighted by atomic mass is 16.1. The van der Waals surface area contributed by atoms with E-state index in [0.29, 0.717) is 11.7 Å². The standard InChI is InChI=1S/C9H18N2O/c1-7(12)9-3-5-11(6-4-9)8(2)10/h8-9H,3-6,10H2,1-2H3. The van der Waals surface area contributed by atoms with Crippen LogP contribution < -0.4 is 5.73 Å². The van der Waals surface area contributed by atoms with E-state index in [1.807, 2.05) is 6.92 Å². The van der Waals surface area contributed by atoms with Crippen molar-refractivity contribution in [1.29, 1.82) is 0 Å². The molecule has 1 unspecified atom stereocenters. The molecule has 0 aromatic carbocycles. The van der Waals surface area contributed by atoms with Crippen LogP contribution in [0.2, 0.25) is 0 Å². The van der Waals surface area contributed by atoms with E-state index in [-0.39, 0.29) is 6.17 Å². The van der Waals surface area contributed by atoms with Crippen LogP contribution in [0.3, 0.4) is 0 Å². The summed E-state index contributed by atoms with van der Waals surface area (Å²) in [6.45, 7) is 5.63. The molecule has 0 aromatic heterocycles. The highest BCUT2D eigenvalue weighted by molar-refractivity contribution is 5.78. The lowest BCUT2D eigenvalue weighted by atomic mass is 9.93. The number of hydrogen-bond acceptors (Lipinski definition) is 3. The Hall–Kier alpha value is -0.410. The second-order valence-electron chi connectivity index (χ2n) is 3.66. The Bertz CT molecular complexity index is 160. The molecule has 2 N–H and O–H groups in total. The monoisotopic (exact) mass is 170 g/mol. The van der Waals surface area contributed by atoms with E-state index < -0.39 is 0 Å². The quantitative estimate of drug-likeness (QED) is 0.660. The van der Waals surface area contributed by atoms with Crippen molar-refractivity contribution >= 4 is 5.78 Å². The molecule has 0 amide bonds. The summed E-state index contributed by atoms with van der Waals surface area (Å²) >= 11 is 0. The number of nitrogens with two attached hydrogens (primary N) is 1. The van der Waals surface area contributed by atoms with Gasteiger partial charge in [0.05, 0.1) is 6.17 Å². The molecule has 3 nitrogen and oxygen atoms in total. The Morgan fingerprint density at radius 1 is 1.50 bits per heavy atom. The van der Waals surface area contributed by atoms with Gasteiger partial charge in [-0.2, -0.15) is 0 Å². The Balaban J connectivity index is 2.34. The lowest BCUT2D eigenvalue weighted by molar-refractivity contribution is -0.122. The molecular weight excluding hydrogens is 152 g/mol. The number of likely N-dealkylation sites (tertiary alicyclic amines) is 1. The number of ketones is 1. The molecule has 1 rings (SSSR count). The smallest absolute Gasteiger partial charge is 0.133 e. The molecule has 70 valence electrons. The average molecular weight is 170 g/mol. The number of hydrogen-bond donors (Lipinski definition) is 1. The minimum atomic E-state index is 0.137. The van der Waals surface area contributed by atoms with Crippen LogP contribution in [0.25, 0.3) is 0 Å². The highest BCUT2D eigenvalue weighted by Crippen LogP contribution is 2.18. The van der Waals surface area contributed by atoms with Crippen LogP contribution >= 0.6 is 0 Å². The molecule has 0 spiro atoms. The largest absolute Gasteiger partial charge is 0.316 e. The van der Waals surface area contributed by atoms with Crippen molar-refractivity contribution in [3.05, 3.63) is 0 Å². The van der Waals surface area contributed by atoms with E-state index in [0.717, 1.165) is 25.9 Å². The summed E-state index contributed by atoms with van der Waals surface area (Å²) in [5.74, 6) is 0.624. The van der Waals surface area contributed by atoms with E-state index >= 15 is 0 Å². The van der Waals surface area contributed by atoms with Gasteiger partial charge in [-0.15, -0.1) is 0 Å². The van der Waals surface area contributed by atoms with Gasteiger partial charge in [-0.3, -0.25) is 9.69 Å². The third kappa shape index (κ3) is 2.29. The zero-order valence-electron chi connectivity index (χ0n) is 7.92. The number of carbonyl (C=O) groups excluding carboxylic acids is 1. The molecule has 1 aliphatic heterocycles. The third-order valence-corrected chi connectivity index (χ3v) is 2.68. The molecule has 1 heterocycles. The molecule has 1 saturated heterocycles. The average Bonchev–Trinajstić information content (AvgIpc) is 2.04. The van der Waals surface area contributed by atoms with Crippen molar-refractivity contribution in [2.24, 2.45) is 11.7 Å². The van der Waals surface area contributed by atoms with Gasteiger partial charge in [0.15, 0.2) is 0 Å². The van der Waals surface area contributed by atoms with Gasteiger partial charge in [0.2, 0.25) is 0 Å². The summed E-state index contributed by atoms with van der Waals surface area (Å²) in [5.41, 5.74) is 5.73. The summed E-state index contributed by atoms with van der Waals surface area (Å²) in [6, 6.07) is 0. The van der Waals surface area contributed by atoms with Crippen molar-refractivity contribution in [3.8, 4) is 0 Å². The molecule has 0 aromatic rings. The molecule has 0 saturated carbocycles. The van der Waals surface area contributed by atoms with Crippen LogP contribution in [0.4, 0.5) is 0 Å². The minimum absolute atomic E-state index is 0.137. The molecule has 12 heavy (non-hydrogen) atoms. The second-order valence-corrected chi connectivity index (χ2v) is 3.66. The van der Waals surface area contributed by atoms with E-state index in [4.69, 9.17) is 5.73 Å². The lowest BCUT2D eigenvalue weighted by Gasteiger charge is -2.33. The van der Waals surface area contributed by atoms with Crippen molar-refractivity contribution in [2.75, 3.05) is 13.1 Å². The summed E-state index contributed by atoms with van der Waals surface area (Å²) in [4.78, 5) is 13.2. The Labute approximate surface area is 73.9 Å². The summed E-state index contributed by atoms with van der Waals surface area (Å²) in [7, 11) is 0. The first kappa shape index (κ1) is 9.68. The van der Waals surface area contributed by atoms with Crippen LogP contribution in [0.1, 0.15) is 26.7 Å². The molecule has 1 fully saturated rings. The van der Waals surface area contributed by atoms with Gasteiger partial charge in [-0.05, 0) is 26.7 Å². The summed E-state index contributed by atoms with van der Waals surface area (Å²) < 4.78 is 0. The molecule has 1 atom stereocenters. The van der Waals surface area contributed by atoms with E-state index in [9.17, 15) is 4.79 Å². The maximum absolute atomic E-state index is 11.0. The predicted molar refractivity (Wildman–Crippen MR) is 48.6 cm³/mol. The first-order valence-corrected chi connectivity index (χ1v) is 4.61. The van der Waals surface area contributed by atoms with Crippen LogP contribution in [-0.2, 0) is 4.79 Å². The Morgan fingerprint density at radius 3 is 2.33 bits per heavy atom. The number of nitrogens with zero attached hydrogens (tertiary/aromatic N) is 1. The molecular formula is C9H18N2O. The van der Waals surface area contributed by atoms with Crippen LogP contribution in [-0.4, -0.2) is 29.9 Å². The predicted octanol–water partition coefficient (Wildman–Crippen LogP) is 0.592. The van der Waals surface area contributed by atoms with Crippen molar-refractivity contribution in [2.45, 2.75) is 32.9 Å². The normalized spacial score (nSPS) is 23.9. The third-order valence-electron chi connectivity index (χ3n) is 2.68. The zero-order valence-corrected chi connectivity index (χ0v) is 7.92. The SMILES string of the molecule is CC(=O)C1CCN(C(C)N)CC1. The molecule has 0 bridgehead atoms. The first-order chi connectivity index (χ1) is 5.61. The number of carbonyl (C=O) groups is 1. The van der Waals surface area contributed by atoms with Gasteiger partial charge in [-0.1, -0.05) is 0 Å². The molecule has 0 radical (unpaired) electrons. The van der Waals surface area contributed by atoms with Gasteiger partial charge >= 0.3 is 0 Å². The molecule has 3 heteroatoms. The second kappa shape index (κ2) is 4.01. The van der Waals surface area contributed by atoms with Gasteiger partial charge in [-0.25, -0.2) is 0 Å². The fraction of sp³-hybridized carbons (Fsp3) is 0.889. The lowest BCUT2D eigenvalue weighted by Crippen LogP contribution is -2.45. The van der Waals surface area contributed by atoms with Gasteiger partial charge in [0, 0.05) is 19.0 Å². The van der Waals surface area contributed by atoms with Crippen molar-refractivity contribution in [3.63, 3.8) is 0 Å². The van der Waals surface area contributed by atoms with E-state index in [1.165, 1.54) is 0 Å². The first-order valence-electron chi connectivity index (χ1n) is 4.61. The van der Waals surface area contributed by atoms with E-state index in [2.05, 4.69) is 4.90 Å². The molecule has 1 aliphatic rings. The number of Topliss-reactive ketones (excluding diaryl/α,β-unsaturated/α-hetero) is 1. The van der Waals surface area contributed by atoms with E-state index in [1.54, 1.807) is 6.92 Å². The zero-order chi connectivity index (χ0) is 9.14. The fourth-order valence-electron chi connectivity index (χ4n) is 1.71. The Morgan fingerprint density at radius 2 is 2.00 bits per heavy atom. The summed E-state index contributed by atoms with van der Waals surface area (Å²) in [6.07, 6.45) is 2.10. The van der Waals surface area contributed by atoms with Crippen LogP contribution in [0.5, 0.6) is 0 Å². The van der Waals surface area contributed by atoms with Crippen molar-refractivity contribution < 1.29 is 4.79 Å². The number of rotatable bonds is 2. The van der Waals surface area contributed by atoms with Crippen LogP contribution in [0.15, 0.2) is 0 Å². The van der Waals surface area contributed by atoms with Crippen molar-refractivity contribution in [1.82, 2.24) is 4.90 Å². The molecule has 0 aliphatic carbocycles. The Kier molecular flexibility index (Phi) is 3.23. The maximum atomic E-state index is 11.0. The highest BCUT2D eigenvalue weighted by Gasteiger charge is 2.23. The fourth-order valence-corrected chi connectivity index (χ4v) is 1.71. The minimum Gasteiger partial charge on any atom is -0.316 e. The number of piperidine rings is 1.